The Hall–Kier alpha value is -1.37. The fourth-order valence-corrected chi connectivity index (χ4v) is 2.59. The second-order valence-corrected chi connectivity index (χ2v) is 6.32. The molecule has 5 nitrogen and oxygen atoms in total. The quantitative estimate of drug-likeness (QED) is 0.678. The summed E-state index contributed by atoms with van der Waals surface area (Å²) < 4.78 is 13.5. The van der Waals surface area contributed by atoms with Crippen molar-refractivity contribution in [3.05, 3.63) is 33.6 Å². The van der Waals surface area contributed by atoms with Gasteiger partial charge in [0.2, 0.25) is 11.8 Å². The number of carbonyl (C=O) groups is 2. The second-order valence-electron chi connectivity index (χ2n) is 5.53. The van der Waals surface area contributed by atoms with Gasteiger partial charge in [-0.1, -0.05) is 37.0 Å². The van der Waals surface area contributed by atoms with E-state index < -0.39 is 29.7 Å². The van der Waals surface area contributed by atoms with Crippen LogP contribution in [0.4, 0.5) is 4.39 Å². The highest BCUT2D eigenvalue weighted by Gasteiger charge is 2.20. The van der Waals surface area contributed by atoms with Crippen LogP contribution in [0.25, 0.3) is 0 Å². The lowest BCUT2D eigenvalue weighted by Crippen LogP contribution is -2.47. The number of carbonyl (C=O) groups excluding carboxylic acids is 2. The molecule has 0 bridgehead atoms. The number of nitrogens with two attached hydrogens (primary N) is 1. The normalized spacial score (nSPS) is 13.6. The summed E-state index contributed by atoms with van der Waals surface area (Å²) in [7, 11) is 0. The number of benzene rings is 1. The first-order chi connectivity index (χ1) is 10.6. The van der Waals surface area contributed by atoms with Crippen molar-refractivity contribution in [3.63, 3.8) is 0 Å². The standard InChI is InChI=1S/C15H20Cl2FN3O2/c1-7(2)14(19)15(23)20-6-11(22)21-8(3)12-9(16)4-5-10(18)13(12)17/h4-5,7-8,14H,6,19H2,1-3H3,(H,20,23)(H,21,22)/t8?,14-/m0/s1. The highest BCUT2D eigenvalue weighted by atomic mass is 35.5. The zero-order valence-corrected chi connectivity index (χ0v) is 14.6. The summed E-state index contributed by atoms with van der Waals surface area (Å²) in [5.74, 6) is -1.53. The number of halogens is 3. The third kappa shape index (κ3) is 5.34. The van der Waals surface area contributed by atoms with Gasteiger partial charge in [0.1, 0.15) is 5.82 Å². The molecular formula is C15H20Cl2FN3O2. The van der Waals surface area contributed by atoms with Crippen LogP contribution in [0.5, 0.6) is 0 Å². The predicted molar refractivity (Wildman–Crippen MR) is 88.8 cm³/mol. The Kier molecular flexibility index (Phi) is 7.25. The van der Waals surface area contributed by atoms with E-state index in [1.54, 1.807) is 20.8 Å². The molecule has 0 heterocycles. The minimum atomic E-state index is -0.688. The molecular weight excluding hydrogens is 344 g/mol. The second kappa shape index (κ2) is 8.47. The van der Waals surface area contributed by atoms with Gasteiger partial charge in [-0.05, 0) is 25.0 Å². The van der Waals surface area contributed by atoms with Crippen molar-refractivity contribution in [2.75, 3.05) is 6.54 Å². The molecule has 0 aromatic heterocycles. The van der Waals surface area contributed by atoms with E-state index in [0.717, 1.165) is 6.07 Å². The van der Waals surface area contributed by atoms with Crippen molar-refractivity contribution in [1.29, 1.82) is 0 Å². The van der Waals surface area contributed by atoms with Gasteiger partial charge in [-0.25, -0.2) is 4.39 Å². The van der Waals surface area contributed by atoms with Crippen molar-refractivity contribution < 1.29 is 14.0 Å². The van der Waals surface area contributed by atoms with E-state index in [0.29, 0.717) is 0 Å². The number of nitrogens with one attached hydrogen (secondary N) is 2. The molecule has 0 spiro atoms. The third-order valence-electron chi connectivity index (χ3n) is 3.33. The van der Waals surface area contributed by atoms with Crippen LogP contribution >= 0.6 is 23.2 Å². The highest BCUT2D eigenvalue weighted by Crippen LogP contribution is 2.32. The van der Waals surface area contributed by atoms with Gasteiger partial charge in [0, 0.05) is 10.6 Å². The average molecular weight is 364 g/mol. The summed E-state index contributed by atoms with van der Waals surface area (Å²) >= 11 is 11.9. The molecule has 4 N–H and O–H groups in total. The van der Waals surface area contributed by atoms with Crippen LogP contribution < -0.4 is 16.4 Å². The molecule has 1 rings (SSSR count). The van der Waals surface area contributed by atoms with Gasteiger partial charge in [0.25, 0.3) is 0 Å². The summed E-state index contributed by atoms with van der Waals surface area (Å²) in [6.45, 7) is 4.99. The van der Waals surface area contributed by atoms with Gasteiger partial charge in [0.15, 0.2) is 0 Å². The molecule has 1 unspecified atom stereocenters. The van der Waals surface area contributed by atoms with Crippen LogP contribution in [0, 0.1) is 11.7 Å². The smallest absolute Gasteiger partial charge is 0.239 e. The Morgan fingerprint density at radius 1 is 1.26 bits per heavy atom. The van der Waals surface area contributed by atoms with Gasteiger partial charge in [-0.3, -0.25) is 9.59 Å². The van der Waals surface area contributed by atoms with E-state index in [1.807, 2.05) is 0 Å². The fourth-order valence-electron chi connectivity index (χ4n) is 1.89. The topological polar surface area (TPSA) is 84.2 Å². The third-order valence-corrected chi connectivity index (χ3v) is 4.05. The zero-order valence-electron chi connectivity index (χ0n) is 13.1. The Morgan fingerprint density at radius 3 is 2.43 bits per heavy atom. The van der Waals surface area contributed by atoms with E-state index in [4.69, 9.17) is 28.9 Å². The lowest BCUT2D eigenvalue weighted by Gasteiger charge is -2.19. The fraction of sp³-hybridized carbons (Fsp3) is 0.467. The molecule has 2 amide bonds. The molecule has 0 aliphatic rings. The first kappa shape index (κ1) is 19.7. The SMILES string of the molecule is CC(NC(=O)CNC(=O)[C@@H](N)C(C)C)c1c(Cl)ccc(F)c1Cl. The van der Waals surface area contributed by atoms with Gasteiger partial charge in [-0.15, -0.1) is 0 Å². The van der Waals surface area contributed by atoms with Crippen molar-refractivity contribution in [3.8, 4) is 0 Å². The number of hydrogen-bond acceptors (Lipinski definition) is 3. The number of rotatable bonds is 6. The first-order valence-electron chi connectivity index (χ1n) is 7.11. The minimum absolute atomic E-state index is 0.0399. The zero-order chi connectivity index (χ0) is 17.7. The van der Waals surface area contributed by atoms with Crippen LogP contribution in [0.2, 0.25) is 10.0 Å². The summed E-state index contributed by atoms with van der Waals surface area (Å²) in [5, 5.41) is 5.15. The molecule has 0 radical (unpaired) electrons. The summed E-state index contributed by atoms with van der Waals surface area (Å²) in [6, 6.07) is 1.21. The average Bonchev–Trinajstić information content (AvgIpc) is 2.48. The Morgan fingerprint density at radius 2 is 1.87 bits per heavy atom. The molecule has 0 saturated carbocycles. The maximum Gasteiger partial charge on any atom is 0.239 e. The maximum absolute atomic E-state index is 13.5. The highest BCUT2D eigenvalue weighted by molar-refractivity contribution is 6.36. The molecule has 8 heteroatoms. The molecule has 23 heavy (non-hydrogen) atoms. The van der Waals surface area contributed by atoms with Crippen LogP contribution in [-0.4, -0.2) is 24.4 Å². The van der Waals surface area contributed by atoms with Crippen LogP contribution in [0.15, 0.2) is 12.1 Å². The molecule has 0 aliphatic heterocycles. The lowest BCUT2D eigenvalue weighted by atomic mass is 10.1. The van der Waals surface area contributed by atoms with Crippen LogP contribution in [0.3, 0.4) is 0 Å². The molecule has 0 fully saturated rings. The van der Waals surface area contributed by atoms with Crippen molar-refractivity contribution in [1.82, 2.24) is 10.6 Å². The molecule has 0 saturated heterocycles. The number of hydrogen-bond donors (Lipinski definition) is 3. The van der Waals surface area contributed by atoms with Gasteiger partial charge >= 0.3 is 0 Å². The van der Waals surface area contributed by atoms with Gasteiger partial charge in [-0.2, -0.15) is 0 Å². The summed E-state index contributed by atoms with van der Waals surface area (Å²) in [6.07, 6.45) is 0. The molecule has 1 aromatic rings. The van der Waals surface area contributed by atoms with Crippen LogP contribution in [-0.2, 0) is 9.59 Å². The van der Waals surface area contributed by atoms with E-state index in [2.05, 4.69) is 10.6 Å². The molecule has 128 valence electrons. The first-order valence-corrected chi connectivity index (χ1v) is 7.86. The Balaban J connectivity index is 2.65. The lowest BCUT2D eigenvalue weighted by molar-refractivity contribution is -0.127. The van der Waals surface area contributed by atoms with Crippen molar-refractivity contribution >= 4 is 35.0 Å². The van der Waals surface area contributed by atoms with E-state index >= 15 is 0 Å². The summed E-state index contributed by atoms with van der Waals surface area (Å²) in [4.78, 5) is 23.6. The van der Waals surface area contributed by atoms with Gasteiger partial charge < -0.3 is 16.4 Å². The largest absolute Gasteiger partial charge is 0.348 e. The number of amides is 2. The predicted octanol–water partition coefficient (Wildman–Crippen LogP) is 2.41. The molecule has 0 aliphatic carbocycles. The van der Waals surface area contributed by atoms with Gasteiger partial charge in [0.05, 0.1) is 23.7 Å². The van der Waals surface area contributed by atoms with Crippen LogP contribution in [0.1, 0.15) is 32.4 Å². The van der Waals surface area contributed by atoms with Crippen molar-refractivity contribution in [2.24, 2.45) is 11.7 Å². The monoisotopic (exact) mass is 363 g/mol. The van der Waals surface area contributed by atoms with E-state index in [1.165, 1.54) is 6.07 Å². The molecule has 1 aromatic carbocycles. The Labute approximate surface area is 144 Å². The van der Waals surface area contributed by atoms with E-state index in [-0.39, 0.29) is 28.1 Å². The maximum atomic E-state index is 13.5. The molecule has 2 atom stereocenters. The van der Waals surface area contributed by atoms with Crippen molar-refractivity contribution in [2.45, 2.75) is 32.9 Å². The summed E-state index contributed by atoms with van der Waals surface area (Å²) in [5.41, 5.74) is 5.96. The minimum Gasteiger partial charge on any atom is -0.348 e. The Bertz CT molecular complexity index is 596. The van der Waals surface area contributed by atoms with E-state index in [9.17, 15) is 14.0 Å².